The van der Waals surface area contributed by atoms with Crippen LogP contribution < -0.4 is 9.47 Å². The highest BCUT2D eigenvalue weighted by Gasteiger charge is 2.46. The van der Waals surface area contributed by atoms with Gasteiger partial charge in [-0.15, -0.1) is 0 Å². The number of ketones is 1. The van der Waals surface area contributed by atoms with Gasteiger partial charge >= 0.3 is 0 Å². The Kier molecular flexibility index (Phi) is 7.41. The van der Waals surface area contributed by atoms with Crippen molar-refractivity contribution in [3.8, 4) is 11.5 Å². The van der Waals surface area contributed by atoms with Crippen molar-refractivity contribution in [2.24, 2.45) is 0 Å². The summed E-state index contributed by atoms with van der Waals surface area (Å²) < 4.78 is 11.3. The van der Waals surface area contributed by atoms with Crippen LogP contribution in [0.25, 0.3) is 5.76 Å². The number of aryl methyl sites for hydroxylation is 1. The van der Waals surface area contributed by atoms with E-state index in [4.69, 9.17) is 9.47 Å². The number of amides is 1. The molecule has 1 amide bonds. The summed E-state index contributed by atoms with van der Waals surface area (Å²) in [5.41, 5.74) is 4.11. The van der Waals surface area contributed by atoms with Crippen molar-refractivity contribution in [1.29, 1.82) is 0 Å². The van der Waals surface area contributed by atoms with Crippen molar-refractivity contribution in [3.63, 3.8) is 0 Å². The molecule has 1 aliphatic heterocycles. The molecule has 1 atom stereocenters. The van der Waals surface area contributed by atoms with Crippen LogP contribution in [0.15, 0.2) is 103 Å². The molecule has 0 spiro atoms. The first kappa shape index (κ1) is 25.7. The number of Topliss-reactive ketones (excluding diaryl/α,β-unsaturated/α-hetero) is 1. The zero-order valence-electron chi connectivity index (χ0n) is 21.7. The van der Waals surface area contributed by atoms with Crippen LogP contribution in [0, 0.1) is 6.92 Å². The zero-order chi connectivity index (χ0) is 27.4. The van der Waals surface area contributed by atoms with Gasteiger partial charge in [0.15, 0.2) is 0 Å². The molecule has 1 aromatic heterocycles. The summed E-state index contributed by atoms with van der Waals surface area (Å²) in [6.45, 7) is 2.61. The molecular weight excluding hydrogens is 492 g/mol. The molecule has 1 unspecified atom stereocenters. The monoisotopic (exact) mass is 520 g/mol. The fraction of sp³-hybridized carbons (Fsp3) is 0.156. The van der Waals surface area contributed by atoms with Gasteiger partial charge in [-0.1, -0.05) is 42.0 Å². The van der Waals surface area contributed by atoms with Crippen molar-refractivity contribution in [2.75, 3.05) is 7.11 Å². The summed E-state index contributed by atoms with van der Waals surface area (Å²) in [5.74, 6) is -0.468. The Labute approximate surface area is 227 Å². The molecule has 1 aliphatic rings. The molecule has 0 radical (unpaired) electrons. The first-order valence-corrected chi connectivity index (χ1v) is 12.5. The summed E-state index contributed by atoms with van der Waals surface area (Å²) in [5, 5.41) is 11.4. The highest BCUT2D eigenvalue weighted by molar-refractivity contribution is 6.46. The molecule has 0 saturated carbocycles. The second-order valence-corrected chi connectivity index (χ2v) is 9.36. The number of aliphatic hydroxyl groups is 1. The Hall–Kier alpha value is -4.91. The largest absolute Gasteiger partial charge is 0.507 e. The lowest BCUT2D eigenvalue weighted by atomic mass is 9.95. The van der Waals surface area contributed by atoms with Crippen molar-refractivity contribution in [1.82, 2.24) is 9.88 Å². The number of benzene rings is 3. The molecule has 1 saturated heterocycles. The molecule has 7 nitrogen and oxygen atoms in total. The van der Waals surface area contributed by atoms with Gasteiger partial charge in [-0.2, -0.15) is 0 Å². The topological polar surface area (TPSA) is 89.0 Å². The first-order valence-electron chi connectivity index (χ1n) is 12.5. The fourth-order valence-corrected chi connectivity index (χ4v) is 4.72. The van der Waals surface area contributed by atoms with Crippen LogP contribution in [-0.2, 0) is 22.7 Å². The standard InChI is InChI=1S/C32H28N2O5/c1-21-5-3-6-23(17-21)20-39-26-11-9-24(10-12-26)30(35)28-29(25-7-4-8-27(18-25)38-2)34(32(37)31(28)36)19-22-13-15-33-16-14-22/h3-18,29,35H,19-20H2,1-2H3. The maximum atomic E-state index is 13.3. The molecule has 39 heavy (non-hydrogen) atoms. The van der Waals surface area contributed by atoms with E-state index in [1.54, 1.807) is 74.1 Å². The molecule has 196 valence electrons. The van der Waals surface area contributed by atoms with Crippen LogP contribution in [0.4, 0.5) is 0 Å². The van der Waals surface area contributed by atoms with Gasteiger partial charge in [0, 0.05) is 24.5 Å². The zero-order valence-corrected chi connectivity index (χ0v) is 21.7. The highest BCUT2D eigenvalue weighted by Crippen LogP contribution is 2.41. The van der Waals surface area contributed by atoms with Crippen molar-refractivity contribution in [2.45, 2.75) is 26.1 Å². The molecule has 3 aromatic carbocycles. The number of hydrogen-bond donors (Lipinski definition) is 1. The molecule has 1 N–H and O–H groups in total. The van der Waals surface area contributed by atoms with Crippen molar-refractivity contribution >= 4 is 17.4 Å². The number of aromatic nitrogens is 1. The second-order valence-electron chi connectivity index (χ2n) is 9.36. The number of likely N-dealkylation sites (tertiary alicyclic amines) is 1. The third-order valence-electron chi connectivity index (χ3n) is 6.67. The third kappa shape index (κ3) is 5.52. The number of ether oxygens (including phenoxy) is 2. The SMILES string of the molecule is COc1cccc(C2C(=C(O)c3ccc(OCc4cccc(C)c4)cc3)C(=O)C(=O)N2Cc2ccncc2)c1. The first-order chi connectivity index (χ1) is 18.9. The van der Waals surface area contributed by atoms with E-state index in [1.165, 1.54) is 4.90 Å². The van der Waals surface area contributed by atoms with Gasteiger partial charge in [0.1, 0.15) is 23.9 Å². The van der Waals surface area contributed by atoms with Crippen molar-refractivity contribution < 1.29 is 24.2 Å². The van der Waals surface area contributed by atoms with Gasteiger partial charge in [0.2, 0.25) is 0 Å². The Morgan fingerprint density at radius 2 is 1.64 bits per heavy atom. The minimum Gasteiger partial charge on any atom is -0.507 e. The van der Waals surface area contributed by atoms with Crippen LogP contribution in [0.5, 0.6) is 11.5 Å². The number of nitrogens with zero attached hydrogens (tertiary/aromatic N) is 2. The normalized spacial score (nSPS) is 16.4. The van der Waals surface area contributed by atoms with Gasteiger partial charge < -0.3 is 19.5 Å². The van der Waals surface area contributed by atoms with E-state index in [9.17, 15) is 14.7 Å². The van der Waals surface area contributed by atoms with Crippen molar-refractivity contribution in [3.05, 3.63) is 131 Å². The van der Waals surface area contributed by atoms with Crippen LogP contribution >= 0.6 is 0 Å². The lowest BCUT2D eigenvalue weighted by molar-refractivity contribution is -0.140. The molecule has 0 aliphatic carbocycles. The minimum absolute atomic E-state index is 0.0238. The number of pyridine rings is 1. The minimum atomic E-state index is -0.800. The van der Waals surface area contributed by atoms with E-state index in [0.717, 1.165) is 16.7 Å². The average molecular weight is 521 g/mol. The number of aliphatic hydroxyl groups excluding tert-OH is 1. The summed E-state index contributed by atoms with van der Waals surface area (Å²) in [6.07, 6.45) is 3.27. The Morgan fingerprint density at radius 3 is 2.36 bits per heavy atom. The number of hydrogen-bond acceptors (Lipinski definition) is 6. The smallest absolute Gasteiger partial charge is 0.295 e. The van der Waals surface area contributed by atoms with E-state index in [2.05, 4.69) is 11.1 Å². The summed E-state index contributed by atoms with van der Waals surface area (Å²) in [4.78, 5) is 32.1. The van der Waals surface area contributed by atoms with E-state index in [-0.39, 0.29) is 17.9 Å². The van der Waals surface area contributed by atoms with E-state index < -0.39 is 17.7 Å². The molecule has 4 aromatic rings. The Morgan fingerprint density at radius 1 is 0.897 bits per heavy atom. The second kappa shape index (κ2) is 11.2. The van der Waals surface area contributed by atoms with Gasteiger partial charge in [-0.05, 0) is 72.1 Å². The summed E-state index contributed by atoms with van der Waals surface area (Å²) in [6, 6.07) is 24.8. The number of carbonyl (C=O) groups is 2. The lowest BCUT2D eigenvalue weighted by Gasteiger charge is -2.25. The highest BCUT2D eigenvalue weighted by atomic mass is 16.5. The van der Waals surface area contributed by atoms with Crippen LogP contribution in [0.2, 0.25) is 0 Å². The molecule has 0 bridgehead atoms. The maximum absolute atomic E-state index is 13.3. The number of methoxy groups -OCH3 is 1. The van der Waals surface area contributed by atoms with E-state index >= 15 is 0 Å². The maximum Gasteiger partial charge on any atom is 0.295 e. The van der Waals surface area contributed by atoms with Crippen LogP contribution in [0.1, 0.15) is 33.9 Å². The molecule has 2 heterocycles. The summed E-state index contributed by atoms with van der Waals surface area (Å²) >= 11 is 0. The van der Waals surface area contributed by atoms with Gasteiger partial charge in [0.05, 0.1) is 18.7 Å². The number of rotatable bonds is 8. The molecule has 1 fully saturated rings. The van der Waals surface area contributed by atoms with Gasteiger partial charge in [0.25, 0.3) is 11.7 Å². The predicted octanol–water partition coefficient (Wildman–Crippen LogP) is 5.60. The number of carbonyl (C=O) groups excluding carboxylic acids is 2. The molecule has 5 rings (SSSR count). The fourth-order valence-electron chi connectivity index (χ4n) is 4.72. The molecular formula is C32H28N2O5. The van der Waals surface area contributed by atoms with E-state index in [1.807, 2.05) is 31.2 Å². The summed E-state index contributed by atoms with van der Waals surface area (Å²) in [7, 11) is 1.55. The average Bonchev–Trinajstić information content (AvgIpc) is 3.21. The lowest BCUT2D eigenvalue weighted by Crippen LogP contribution is -2.29. The Bertz CT molecular complexity index is 1530. The predicted molar refractivity (Wildman–Crippen MR) is 147 cm³/mol. The van der Waals surface area contributed by atoms with Crippen LogP contribution in [-0.4, -0.2) is 33.8 Å². The Balaban J connectivity index is 1.48. The molecule has 7 heteroatoms. The third-order valence-corrected chi connectivity index (χ3v) is 6.67. The van der Waals surface area contributed by atoms with Gasteiger partial charge in [-0.25, -0.2) is 0 Å². The van der Waals surface area contributed by atoms with E-state index in [0.29, 0.717) is 29.2 Å². The van der Waals surface area contributed by atoms with Crippen LogP contribution in [0.3, 0.4) is 0 Å². The quantitative estimate of drug-likeness (QED) is 0.185. The van der Waals surface area contributed by atoms with Gasteiger partial charge in [-0.3, -0.25) is 14.6 Å².